The Morgan fingerprint density at radius 1 is 1.29 bits per heavy atom. The average Bonchev–Trinajstić information content (AvgIpc) is 3.26. The van der Waals surface area contributed by atoms with Crippen LogP contribution < -0.4 is 15.4 Å². The van der Waals surface area contributed by atoms with E-state index in [2.05, 4.69) is 20.8 Å². The van der Waals surface area contributed by atoms with E-state index in [9.17, 15) is 18.0 Å². The molecule has 0 saturated carbocycles. The van der Waals surface area contributed by atoms with Gasteiger partial charge in [-0.25, -0.2) is 8.42 Å². The second kappa shape index (κ2) is 9.69. The number of rotatable bonds is 8. The molecular weight excluding hydrogens is 442 g/mol. The van der Waals surface area contributed by atoms with Crippen molar-refractivity contribution in [3.8, 4) is 5.75 Å². The van der Waals surface area contributed by atoms with Crippen LogP contribution in [0.4, 0.5) is 5.69 Å². The van der Waals surface area contributed by atoms with Gasteiger partial charge in [0.05, 0.1) is 36.6 Å². The molecule has 31 heavy (non-hydrogen) atoms. The summed E-state index contributed by atoms with van der Waals surface area (Å²) < 4.78 is 30.3. The van der Waals surface area contributed by atoms with E-state index in [1.165, 1.54) is 18.9 Å². The average molecular weight is 468 g/mol. The number of aromatic nitrogens is 3. The van der Waals surface area contributed by atoms with Crippen LogP contribution in [0.5, 0.6) is 5.75 Å². The molecular formula is C19H25N5O5S2. The lowest BCUT2D eigenvalue weighted by molar-refractivity contribution is -0.122. The van der Waals surface area contributed by atoms with Crippen molar-refractivity contribution >= 4 is 39.1 Å². The van der Waals surface area contributed by atoms with Crippen LogP contribution in [0.3, 0.4) is 0 Å². The molecule has 1 saturated heterocycles. The number of carbonyl (C=O) groups excluding carboxylic acids is 2. The molecule has 0 radical (unpaired) electrons. The summed E-state index contributed by atoms with van der Waals surface area (Å²) in [6.07, 6.45) is 0.528. The standard InChI is InChI=1S/C19H25N5O5S2/c1-12-4-5-15(29-3)14(8-12)21-16(25)9-20-17(26)10-30-19-23-22-18(24(19)2)13-6-7-31(27,28)11-13/h4-5,8,13H,6-7,9-11H2,1-3H3,(H,20,26)(H,21,25). The molecule has 1 aliphatic heterocycles. The normalized spacial score (nSPS) is 17.3. The van der Waals surface area contributed by atoms with Crippen LogP contribution in [0.15, 0.2) is 23.4 Å². The van der Waals surface area contributed by atoms with Crippen molar-refractivity contribution in [3.63, 3.8) is 0 Å². The predicted molar refractivity (Wildman–Crippen MR) is 117 cm³/mol. The Balaban J connectivity index is 1.48. The van der Waals surface area contributed by atoms with Gasteiger partial charge in [-0.05, 0) is 31.0 Å². The lowest BCUT2D eigenvalue weighted by Crippen LogP contribution is -2.34. The van der Waals surface area contributed by atoms with Crippen LogP contribution in [-0.2, 0) is 26.5 Å². The van der Waals surface area contributed by atoms with Gasteiger partial charge in [0.15, 0.2) is 15.0 Å². The largest absolute Gasteiger partial charge is 0.495 e. The van der Waals surface area contributed by atoms with Crippen molar-refractivity contribution in [3.05, 3.63) is 29.6 Å². The summed E-state index contributed by atoms with van der Waals surface area (Å²) >= 11 is 1.17. The second-order valence-electron chi connectivity index (χ2n) is 7.32. The van der Waals surface area contributed by atoms with Gasteiger partial charge in [0.2, 0.25) is 11.8 Å². The third kappa shape index (κ3) is 5.97. The number of thioether (sulfide) groups is 1. The van der Waals surface area contributed by atoms with Crippen LogP contribution in [0.1, 0.15) is 23.7 Å². The molecule has 2 N–H and O–H groups in total. The molecule has 3 rings (SSSR count). The fraction of sp³-hybridized carbons (Fsp3) is 0.474. The second-order valence-corrected chi connectivity index (χ2v) is 10.5. The molecule has 1 unspecified atom stereocenters. The van der Waals surface area contributed by atoms with Crippen molar-refractivity contribution in [2.24, 2.45) is 7.05 Å². The molecule has 1 aromatic carbocycles. The third-order valence-corrected chi connectivity index (χ3v) is 7.66. The van der Waals surface area contributed by atoms with Crippen LogP contribution in [0.25, 0.3) is 0 Å². The molecule has 10 nitrogen and oxygen atoms in total. The maximum Gasteiger partial charge on any atom is 0.243 e. The number of amides is 2. The SMILES string of the molecule is COc1ccc(C)cc1NC(=O)CNC(=O)CSc1nnc(C2CCS(=O)(=O)C2)n1C. The Kier molecular flexibility index (Phi) is 7.21. The minimum atomic E-state index is -3.02. The number of ether oxygens (including phenoxy) is 1. The van der Waals surface area contributed by atoms with Gasteiger partial charge in [0.1, 0.15) is 11.6 Å². The smallest absolute Gasteiger partial charge is 0.243 e. The number of anilines is 1. The first-order valence-corrected chi connectivity index (χ1v) is 12.4. The lowest BCUT2D eigenvalue weighted by atomic mass is 10.1. The molecule has 2 amide bonds. The topological polar surface area (TPSA) is 132 Å². The summed E-state index contributed by atoms with van der Waals surface area (Å²) in [5.41, 5.74) is 1.51. The number of aryl methyl sites for hydroxylation is 1. The number of carbonyl (C=O) groups is 2. The maximum absolute atomic E-state index is 12.2. The van der Waals surface area contributed by atoms with Crippen molar-refractivity contribution in [2.45, 2.75) is 24.4 Å². The van der Waals surface area contributed by atoms with E-state index in [1.54, 1.807) is 23.7 Å². The van der Waals surface area contributed by atoms with Crippen LogP contribution in [0, 0.1) is 6.92 Å². The lowest BCUT2D eigenvalue weighted by Gasteiger charge is -2.11. The zero-order valence-corrected chi connectivity index (χ0v) is 19.2. The monoisotopic (exact) mass is 467 g/mol. The van der Waals surface area contributed by atoms with Crippen molar-refractivity contribution in [1.82, 2.24) is 20.1 Å². The molecule has 12 heteroatoms. The zero-order chi connectivity index (χ0) is 22.6. The number of nitrogens with one attached hydrogen (secondary N) is 2. The summed E-state index contributed by atoms with van der Waals surface area (Å²) in [6, 6.07) is 5.42. The van der Waals surface area contributed by atoms with E-state index in [0.717, 1.165) is 5.56 Å². The summed E-state index contributed by atoms with van der Waals surface area (Å²) in [4.78, 5) is 24.3. The fourth-order valence-corrected chi connectivity index (χ4v) is 5.77. The van der Waals surface area contributed by atoms with Gasteiger partial charge < -0.3 is 19.9 Å². The molecule has 1 fully saturated rings. The van der Waals surface area contributed by atoms with Gasteiger partial charge in [-0.15, -0.1) is 10.2 Å². The van der Waals surface area contributed by atoms with Gasteiger partial charge >= 0.3 is 0 Å². The Morgan fingerprint density at radius 3 is 2.74 bits per heavy atom. The predicted octanol–water partition coefficient (Wildman–Crippen LogP) is 0.881. The van der Waals surface area contributed by atoms with Crippen molar-refractivity contribution in [2.75, 3.05) is 36.2 Å². The quantitative estimate of drug-likeness (QED) is 0.547. The molecule has 168 valence electrons. The van der Waals surface area contributed by atoms with Gasteiger partial charge in [-0.2, -0.15) is 0 Å². The van der Waals surface area contributed by atoms with E-state index in [1.807, 2.05) is 13.0 Å². The van der Waals surface area contributed by atoms with Gasteiger partial charge in [0.25, 0.3) is 0 Å². The number of nitrogens with zero attached hydrogens (tertiary/aromatic N) is 3. The Hall–Kier alpha value is -2.60. The summed E-state index contributed by atoms with van der Waals surface area (Å²) in [5, 5.41) is 14.0. The molecule has 2 aromatic rings. The molecule has 2 heterocycles. The summed E-state index contributed by atoms with van der Waals surface area (Å²) in [6.45, 7) is 1.72. The summed E-state index contributed by atoms with van der Waals surface area (Å²) in [5.74, 6) is 0.555. The fourth-order valence-electron chi connectivity index (χ4n) is 3.28. The minimum absolute atomic E-state index is 0.0516. The first kappa shape index (κ1) is 23.1. The van der Waals surface area contributed by atoms with Crippen LogP contribution in [-0.4, -0.2) is 65.9 Å². The minimum Gasteiger partial charge on any atom is -0.495 e. The van der Waals surface area contributed by atoms with E-state index in [-0.39, 0.29) is 41.5 Å². The highest BCUT2D eigenvalue weighted by atomic mass is 32.2. The Labute approximate surface area is 185 Å². The Bertz CT molecular complexity index is 1080. The molecule has 0 spiro atoms. The number of methoxy groups -OCH3 is 1. The van der Waals surface area contributed by atoms with E-state index in [4.69, 9.17) is 4.74 Å². The number of benzene rings is 1. The molecule has 1 atom stereocenters. The number of sulfone groups is 1. The maximum atomic E-state index is 12.2. The van der Waals surface area contributed by atoms with E-state index >= 15 is 0 Å². The highest BCUT2D eigenvalue weighted by Crippen LogP contribution is 2.29. The first-order valence-electron chi connectivity index (χ1n) is 9.62. The molecule has 0 aliphatic carbocycles. The molecule has 1 aliphatic rings. The highest BCUT2D eigenvalue weighted by molar-refractivity contribution is 7.99. The first-order chi connectivity index (χ1) is 14.7. The summed E-state index contributed by atoms with van der Waals surface area (Å²) in [7, 11) is 0.250. The number of hydrogen-bond acceptors (Lipinski definition) is 8. The molecule has 0 bridgehead atoms. The zero-order valence-electron chi connectivity index (χ0n) is 17.5. The van der Waals surface area contributed by atoms with Crippen molar-refractivity contribution in [1.29, 1.82) is 0 Å². The van der Waals surface area contributed by atoms with E-state index < -0.39 is 9.84 Å². The van der Waals surface area contributed by atoms with Gasteiger partial charge in [-0.1, -0.05) is 17.8 Å². The van der Waals surface area contributed by atoms with Gasteiger partial charge in [0, 0.05) is 13.0 Å². The van der Waals surface area contributed by atoms with Crippen LogP contribution >= 0.6 is 11.8 Å². The van der Waals surface area contributed by atoms with Crippen molar-refractivity contribution < 1.29 is 22.7 Å². The number of hydrogen-bond donors (Lipinski definition) is 2. The highest BCUT2D eigenvalue weighted by Gasteiger charge is 2.32. The molecule has 1 aromatic heterocycles. The van der Waals surface area contributed by atoms with Gasteiger partial charge in [-0.3, -0.25) is 9.59 Å². The third-order valence-electron chi connectivity index (χ3n) is 4.87. The van der Waals surface area contributed by atoms with E-state index in [0.29, 0.717) is 28.8 Å². The Morgan fingerprint density at radius 2 is 2.06 bits per heavy atom. The van der Waals surface area contributed by atoms with Crippen LogP contribution in [0.2, 0.25) is 0 Å².